The Hall–Kier alpha value is -1.76. The molecule has 0 aliphatic carbocycles. The fourth-order valence-electron chi connectivity index (χ4n) is 2.31. The van der Waals surface area contributed by atoms with Crippen LogP contribution >= 0.6 is 0 Å². The van der Waals surface area contributed by atoms with Crippen molar-refractivity contribution in [1.29, 1.82) is 0 Å². The van der Waals surface area contributed by atoms with Gasteiger partial charge in [-0.1, -0.05) is 43.3 Å². The van der Waals surface area contributed by atoms with E-state index in [0.29, 0.717) is 5.92 Å². The molecule has 1 heteroatoms. The Labute approximate surface area is 110 Å². The van der Waals surface area contributed by atoms with Gasteiger partial charge >= 0.3 is 0 Å². The first-order valence-electron chi connectivity index (χ1n) is 6.42. The molecule has 0 unspecified atom stereocenters. The summed E-state index contributed by atoms with van der Waals surface area (Å²) in [6, 6.07) is 17.4. The molecule has 0 aliphatic rings. The molecule has 0 N–H and O–H groups in total. The Bertz CT molecular complexity index is 511. The van der Waals surface area contributed by atoms with Crippen molar-refractivity contribution in [2.75, 3.05) is 19.0 Å². The quantitative estimate of drug-likeness (QED) is 0.775. The van der Waals surface area contributed by atoms with E-state index in [1.807, 2.05) is 0 Å². The van der Waals surface area contributed by atoms with Crippen molar-refractivity contribution in [1.82, 2.24) is 0 Å². The molecule has 0 aliphatic heterocycles. The van der Waals surface area contributed by atoms with E-state index in [9.17, 15) is 0 Å². The van der Waals surface area contributed by atoms with Crippen molar-refractivity contribution in [3.63, 3.8) is 0 Å². The Morgan fingerprint density at radius 3 is 2.06 bits per heavy atom. The molecule has 0 bridgehead atoms. The Kier molecular flexibility index (Phi) is 3.71. The molecule has 0 spiro atoms. The van der Waals surface area contributed by atoms with Gasteiger partial charge in [0.1, 0.15) is 0 Å². The van der Waals surface area contributed by atoms with Crippen molar-refractivity contribution >= 4 is 5.69 Å². The third-order valence-electron chi connectivity index (χ3n) is 3.56. The maximum atomic E-state index is 2.27. The monoisotopic (exact) mass is 239 g/mol. The smallest absolute Gasteiger partial charge is 0.0361 e. The van der Waals surface area contributed by atoms with Crippen molar-refractivity contribution in [2.45, 2.75) is 19.8 Å². The van der Waals surface area contributed by atoms with Gasteiger partial charge < -0.3 is 4.90 Å². The molecule has 94 valence electrons. The highest BCUT2D eigenvalue weighted by molar-refractivity contribution is 5.48. The second-order valence-corrected chi connectivity index (χ2v) is 5.06. The summed E-state index contributed by atoms with van der Waals surface area (Å²) in [6.07, 6.45) is 0. The first-order valence-corrected chi connectivity index (χ1v) is 6.42. The molecular weight excluding hydrogens is 218 g/mol. The van der Waals surface area contributed by atoms with Crippen LogP contribution in [0.5, 0.6) is 0 Å². The molecule has 1 nitrogen and oxygen atoms in total. The molecule has 0 radical (unpaired) electrons. The first-order chi connectivity index (χ1) is 8.59. The SMILES string of the molecule is Cc1ccccc1[C@@H](C)c1ccc(N(C)C)cc1. The molecule has 1 atom stereocenters. The molecule has 0 saturated carbocycles. The van der Waals surface area contributed by atoms with Crippen LogP contribution in [0.1, 0.15) is 29.5 Å². The second-order valence-electron chi connectivity index (χ2n) is 5.06. The lowest BCUT2D eigenvalue weighted by atomic mass is 9.90. The predicted octanol–water partition coefficient (Wildman–Crippen LogP) is 4.21. The summed E-state index contributed by atoms with van der Waals surface area (Å²) in [5.41, 5.74) is 5.39. The molecule has 0 amide bonds. The molecular formula is C17H21N. The predicted molar refractivity (Wildman–Crippen MR) is 79.5 cm³/mol. The van der Waals surface area contributed by atoms with Crippen LogP contribution in [0.4, 0.5) is 5.69 Å². The van der Waals surface area contributed by atoms with E-state index >= 15 is 0 Å². The Morgan fingerprint density at radius 2 is 1.50 bits per heavy atom. The number of anilines is 1. The van der Waals surface area contributed by atoms with Gasteiger partial charge in [0.25, 0.3) is 0 Å². The second kappa shape index (κ2) is 5.26. The lowest BCUT2D eigenvalue weighted by molar-refractivity contribution is 0.909. The van der Waals surface area contributed by atoms with Crippen LogP contribution < -0.4 is 4.90 Å². The fraction of sp³-hybridized carbons (Fsp3) is 0.294. The minimum atomic E-state index is 0.447. The van der Waals surface area contributed by atoms with Crippen molar-refractivity contribution in [3.8, 4) is 0 Å². The van der Waals surface area contributed by atoms with Crippen LogP contribution in [0.15, 0.2) is 48.5 Å². The molecule has 2 aromatic rings. The zero-order valence-electron chi connectivity index (χ0n) is 11.6. The van der Waals surface area contributed by atoms with E-state index in [0.717, 1.165) is 0 Å². The normalized spacial score (nSPS) is 12.2. The third-order valence-corrected chi connectivity index (χ3v) is 3.56. The Morgan fingerprint density at radius 1 is 0.889 bits per heavy atom. The lowest BCUT2D eigenvalue weighted by Crippen LogP contribution is -2.08. The molecule has 0 aromatic heterocycles. The van der Waals surface area contributed by atoms with Crippen LogP contribution in [0.25, 0.3) is 0 Å². The van der Waals surface area contributed by atoms with E-state index in [-0.39, 0.29) is 0 Å². The molecule has 0 heterocycles. The van der Waals surface area contributed by atoms with E-state index in [1.54, 1.807) is 0 Å². The van der Waals surface area contributed by atoms with Gasteiger partial charge in [0.2, 0.25) is 0 Å². The van der Waals surface area contributed by atoms with Crippen LogP contribution in [0.3, 0.4) is 0 Å². The number of rotatable bonds is 3. The Balaban J connectivity index is 2.29. The van der Waals surface area contributed by atoms with Gasteiger partial charge in [-0.25, -0.2) is 0 Å². The van der Waals surface area contributed by atoms with Gasteiger partial charge in [-0.05, 0) is 35.7 Å². The molecule has 2 rings (SSSR count). The number of nitrogens with zero attached hydrogens (tertiary/aromatic N) is 1. The van der Waals surface area contributed by atoms with Crippen molar-refractivity contribution in [2.24, 2.45) is 0 Å². The average Bonchev–Trinajstić information content (AvgIpc) is 2.38. The van der Waals surface area contributed by atoms with E-state index < -0.39 is 0 Å². The number of hydrogen-bond acceptors (Lipinski definition) is 1. The first kappa shape index (κ1) is 12.7. The molecule has 0 saturated heterocycles. The number of benzene rings is 2. The lowest BCUT2D eigenvalue weighted by Gasteiger charge is -2.17. The minimum absolute atomic E-state index is 0.447. The molecule has 18 heavy (non-hydrogen) atoms. The number of hydrogen-bond donors (Lipinski definition) is 0. The van der Waals surface area contributed by atoms with Gasteiger partial charge in [0.15, 0.2) is 0 Å². The highest BCUT2D eigenvalue weighted by atomic mass is 15.1. The largest absolute Gasteiger partial charge is 0.378 e. The topological polar surface area (TPSA) is 3.24 Å². The van der Waals surface area contributed by atoms with Crippen LogP contribution in [-0.4, -0.2) is 14.1 Å². The van der Waals surface area contributed by atoms with Crippen LogP contribution in [-0.2, 0) is 0 Å². The minimum Gasteiger partial charge on any atom is -0.378 e. The summed E-state index contributed by atoms with van der Waals surface area (Å²) in [6.45, 7) is 4.45. The van der Waals surface area contributed by atoms with Gasteiger partial charge in [-0.3, -0.25) is 0 Å². The average molecular weight is 239 g/mol. The van der Waals surface area contributed by atoms with Crippen LogP contribution in [0.2, 0.25) is 0 Å². The van der Waals surface area contributed by atoms with Gasteiger partial charge in [0.05, 0.1) is 0 Å². The summed E-state index contributed by atoms with van der Waals surface area (Å²) >= 11 is 0. The van der Waals surface area contributed by atoms with Crippen LogP contribution in [0, 0.1) is 6.92 Å². The van der Waals surface area contributed by atoms with E-state index in [2.05, 4.69) is 81.4 Å². The summed E-state index contributed by atoms with van der Waals surface area (Å²) < 4.78 is 0. The summed E-state index contributed by atoms with van der Waals surface area (Å²) in [5, 5.41) is 0. The van der Waals surface area contributed by atoms with E-state index in [4.69, 9.17) is 0 Å². The maximum absolute atomic E-state index is 2.27. The zero-order valence-corrected chi connectivity index (χ0v) is 11.6. The van der Waals surface area contributed by atoms with Gasteiger partial charge in [-0.2, -0.15) is 0 Å². The van der Waals surface area contributed by atoms with Crippen molar-refractivity contribution in [3.05, 3.63) is 65.2 Å². The van der Waals surface area contributed by atoms with Crippen molar-refractivity contribution < 1.29 is 0 Å². The number of aryl methyl sites for hydroxylation is 1. The summed E-state index contributed by atoms with van der Waals surface area (Å²) in [4.78, 5) is 2.13. The standard InChI is InChI=1S/C17H21N/c1-13-7-5-6-8-17(13)14(2)15-9-11-16(12-10-15)18(3)4/h5-12,14H,1-4H3/t14-/m0/s1. The maximum Gasteiger partial charge on any atom is 0.0361 e. The summed E-state index contributed by atoms with van der Waals surface area (Å²) in [7, 11) is 4.14. The highest BCUT2D eigenvalue weighted by Gasteiger charge is 2.10. The summed E-state index contributed by atoms with van der Waals surface area (Å²) in [5.74, 6) is 0.447. The fourth-order valence-corrected chi connectivity index (χ4v) is 2.31. The molecule has 0 fully saturated rings. The van der Waals surface area contributed by atoms with E-state index in [1.165, 1.54) is 22.4 Å². The highest BCUT2D eigenvalue weighted by Crippen LogP contribution is 2.27. The van der Waals surface area contributed by atoms with Gasteiger partial charge in [0, 0.05) is 25.7 Å². The zero-order chi connectivity index (χ0) is 13.1. The molecule has 2 aromatic carbocycles. The third kappa shape index (κ3) is 2.56. The van der Waals surface area contributed by atoms with Gasteiger partial charge in [-0.15, -0.1) is 0 Å².